The minimum atomic E-state index is -0.971. The van der Waals surface area contributed by atoms with Crippen molar-refractivity contribution >= 4 is 17.7 Å². The highest BCUT2D eigenvalue weighted by Gasteiger charge is 2.16. The molecule has 0 aliphatic carbocycles. The molecular formula is C9H14N4O3. The van der Waals surface area contributed by atoms with Gasteiger partial charge in [-0.15, -0.1) is 0 Å². The number of anilines is 1. The van der Waals surface area contributed by atoms with Crippen molar-refractivity contribution in [2.45, 2.75) is 25.8 Å². The lowest BCUT2D eigenvalue weighted by molar-refractivity contribution is -0.137. The van der Waals surface area contributed by atoms with Crippen molar-refractivity contribution in [2.24, 2.45) is 5.73 Å². The first kappa shape index (κ1) is 12.2. The summed E-state index contributed by atoms with van der Waals surface area (Å²) in [6, 6.07) is -0.834. The smallest absolute Gasteiger partial charge is 0.303 e. The van der Waals surface area contributed by atoms with Crippen molar-refractivity contribution in [3.63, 3.8) is 0 Å². The predicted molar refractivity (Wildman–Crippen MR) is 56.8 cm³/mol. The summed E-state index contributed by atoms with van der Waals surface area (Å²) in [5.41, 5.74) is 6.31. The fourth-order valence-electron chi connectivity index (χ4n) is 1.10. The number of nitrogens with one attached hydrogen (secondary N) is 2. The number of carbonyl (C=O) groups excluding carboxylic acids is 1. The monoisotopic (exact) mass is 226 g/mol. The van der Waals surface area contributed by atoms with Gasteiger partial charge in [-0.1, -0.05) is 0 Å². The molecule has 16 heavy (non-hydrogen) atoms. The van der Waals surface area contributed by atoms with Crippen molar-refractivity contribution in [3.8, 4) is 0 Å². The number of aromatic nitrogens is 2. The zero-order valence-corrected chi connectivity index (χ0v) is 8.86. The van der Waals surface area contributed by atoms with Gasteiger partial charge in [0.1, 0.15) is 5.82 Å². The molecule has 1 heterocycles. The van der Waals surface area contributed by atoms with E-state index < -0.39 is 17.9 Å². The quantitative estimate of drug-likeness (QED) is 0.556. The molecule has 0 saturated carbocycles. The second kappa shape index (κ2) is 5.26. The summed E-state index contributed by atoms with van der Waals surface area (Å²) in [6.45, 7) is 1.78. The molecule has 1 rings (SSSR count). The normalized spacial score (nSPS) is 12.1. The van der Waals surface area contributed by atoms with Crippen LogP contribution in [0.3, 0.4) is 0 Å². The third-order valence-electron chi connectivity index (χ3n) is 2.08. The number of aromatic amines is 1. The van der Waals surface area contributed by atoms with Gasteiger partial charge in [0, 0.05) is 12.0 Å². The van der Waals surface area contributed by atoms with Crippen LogP contribution in [0.15, 0.2) is 6.20 Å². The van der Waals surface area contributed by atoms with Crippen LogP contribution in [0.2, 0.25) is 0 Å². The second-order valence-corrected chi connectivity index (χ2v) is 3.46. The number of hydrogen-bond acceptors (Lipinski definition) is 4. The third-order valence-corrected chi connectivity index (χ3v) is 2.08. The molecule has 0 aliphatic rings. The summed E-state index contributed by atoms with van der Waals surface area (Å²) in [7, 11) is 0. The largest absolute Gasteiger partial charge is 0.481 e. The Morgan fingerprint density at radius 3 is 2.88 bits per heavy atom. The fraction of sp³-hybridized carbons (Fsp3) is 0.444. The lowest BCUT2D eigenvalue weighted by Gasteiger charge is -2.10. The molecule has 88 valence electrons. The number of aryl methyl sites for hydroxylation is 1. The molecule has 0 radical (unpaired) electrons. The minimum Gasteiger partial charge on any atom is -0.481 e. The number of rotatable bonds is 5. The number of carboxylic acids is 1. The van der Waals surface area contributed by atoms with Crippen LogP contribution in [0.25, 0.3) is 0 Å². The van der Waals surface area contributed by atoms with Crippen LogP contribution in [0.1, 0.15) is 18.4 Å². The van der Waals surface area contributed by atoms with Crippen molar-refractivity contribution in [3.05, 3.63) is 11.8 Å². The standard InChI is InChI=1S/C9H14N4O3/c1-5-4-11-13-8(5)12-9(16)6(10)2-3-7(14)15/h4,6H,2-3,10H2,1H3,(H,14,15)(H2,11,12,13,16). The Bertz CT molecular complexity index is 388. The van der Waals surface area contributed by atoms with E-state index in [1.807, 2.05) is 0 Å². The maximum atomic E-state index is 11.5. The van der Waals surface area contributed by atoms with Gasteiger partial charge in [0.25, 0.3) is 0 Å². The number of nitrogens with zero attached hydrogens (tertiary/aromatic N) is 1. The Labute approximate surface area is 92.0 Å². The molecule has 1 atom stereocenters. The number of carbonyl (C=O) groups is 2. The maximum absolute atomic E-state index is 11.5. The molecule has 1 aromatic heterocycles. The first-order valence-corrected chi connectivity index (χ1v) is 4.79. The second-order valence-electron chi connectivity index (χ2n) is 3.46. The first-order valence-electron chi connectivity index (χ1n) is 4.79. The van der Waals surface area contributed by atoms with E-state index >= 15 is 0 Å². The van der Waals surface area contributed by atoms with Gasteiger partial charge in [-0.2, -0.15) is 5.10 Å². The first-order chi connectivity index (χ1) is 7.50. The average molecular weight is 226 g/mol. The highest BCUT2D eigenvalue weighted by atomic mass is 16.4. The number of hydrogen-bond donors (Lipinski definition) is 4. The number of carboxylic acid groups (broad SMARTS) is 1. The van der Waals surface area contributed by atoms with Gasteiger partial charge in [0.15, 0.2) is 0 Å². The zero-order chi connectivity index (χ0) is 12.1. The molecule has 1 aromatic rings. The fourth-order valence-corrected chi connectivity index (χ4v) is 1.10. The van der Waals surface area contributed by atoms with Crippen LogP contribution in [0.5, 0.6) is 0 Å². The van der Waals surface area contributed by atoms with Gasteiger partial charge in [-0.25, -0.2) is 0 Å². The van der Waals surface area contributed by atoms with E-state index in [4.69, 9.17) is 10.8 Å². The van der Waals surface area contributed by atoms with Gasteiger partial charge in [-0.05, 0) is 13.3 Å². The lowest BCUT2D eigenvalue weighted by atomic mass is 10.1. The van der Waals surface area contributed by atoms with E-state index in [1.54, 1.807) is 13.1 Å². The van der Waals surface area contributed by atoms with Gasteiger partial charge in [0.05, 0.1) is 12.2 Å². The molecule has 0 saturated heterocycles. The summed E-state index contributed by atoms with van der Waals surface area (Å²) < 4.78 is 0. The van der Waals surface area contributed by atoms with Crippen molar-refractivity contribution < 1.29 is 14.7 Å². The van der Waals surface area contributed by atoms with Crippen molar-refractivity contribution in [2.75, 3.05) is 5.32 Å². The van der Waals surface area contributed by atoms with E-state index in [0.717, 1.165) is 5.56 Å². The third kappa shape index (κ3) is 3.35. The van der Waals surface area contributed by atoms with E-state index in [-0.39, 0.29) is 12.8 Å². The summed E-state index contributed by atoms with van der Waals surface area (Å²) >= 11 is 0. The van der Waals surface area contributed by atoms with E-state index in [2.05, 4.69) is 15.5 Å². The molecule has 1 amide bonds. The molecule has 7 nitrogen and oxygen atoms in total. The number of H-pyrrole nitrogens is 1. The molecule has 1 unspecified atom stereocenters. The number of aliphatic carboxylic acids is 1. The van der Waals surface area contributed by atoms with Crippen LogP contribution in [0.4, 0.5) is 5.82 Å². The SMILES string of the molecule is Cc1cn[nH]c1NC(=O)C(N)CCC(=O)O. The van der Waals surface area contributed by atoms with Crippen molar-refractivity contribution in [1.29, 1.82) is 0 Å². The van der Waals surface area contributed by atoms with Gasteiger partial charge < -0.3 is 16.2 Å². The molecule has 0 bridgehead atoms. The van der Waals surface area contributed by atoms with Gasteiger partial charge >= 0.3 is 5.97 Å². The van der Waals surface area contributed by atoms with Gasteiger partial charge in [0.2, 0.25) is 5.91 Å². The van der Waals surface area contributed by atoms with E-state index in [1.165, 1.54) is 0 Å². The van der Waals surface area contributed by atoms with E-state index in [9.17, 15) is 9.59 Å². The van der Waals surface area contributed by atoms with E-state index in [0.29, 0.717) is 5.82 Å². The van der Waals surface area contributed by atoms with Crippen LogP contribution in [0, 0.1) is 6.92 Å². The van der Waals surface area contributed by atoms with Gasteiger partial charge in [-0.3, -0.25) is 14.7 Å². The molecule has 0 spiro atoms. The molecule has 0 aliphatic heterocycles. The van der Waals surface area contributed by atoms with Crippen molar-refractivity contribution in [1.82, 2.24) is 10.2 Å². The summed E-state index contributed by atoms with van der Waals surface area (Å²) in [4.78, 5) is 21.8. The Morgan fingerprint density at radius 2 is 2.38 bits per heavy atom. The molecule has 7 heteroatoms. The molecule has 0 aromatic carbocycles. The Balaban J connectivity index is 2.46. The topological polar surface area (TPSA) is 121 Å². The lowest BCUT2D eigenvalue weighted by Crippen LogP contribution is -2.36. The van der Waals surface area contributed by atoms with Crippen LogP contribution < -0.4 is 11.1 Å². The minimum absolute atomic E-state index is 0.106. The predicted octanol–water partition coefficient (Wildman–Crippen LogP) is -0.151. The van der Waals surface area contributed by atoms with Crippen LogP contribution in [-0.2, 0) is 9.59 Å². The maximum Gasteiger partial charge on any atom is 0.303 e. The van der Waals surface area contributed by atoms with Crippen LogP contribution in [-0.4, -0.2) is 33.2 Å². The van der Waals surface area contributed by atoms with Crippen LogP contribution >= 0.6 is 0 Å². The summed E-state index contributed by atoms with van der Waals surface area (Å²) in [5, 5.41) is 17.3. The highest BCUT2D eigenvalue weighted by molar-refractivity contribution is 5.94. The summed E-state index contributed by atoms with van der Waals surface area (Å²) in [5.74, 6) is -0.912. The summed E-state index contributed by atoms with van der Waals surface area (Å²) in [6.07, 6.45) is 1.54. The highest BCUT2D eigenvalue weighted by Crippen LogP contribution is 2.09. The Kier molecular flexibility index (Phi) is 4.01. The Morgan fingerprint density at radius 1 is 1.69 bits per heavy atom. The number of nitrogens with two attached hydrogens (primary N) is 1. The Hall–Kier alpha value is -1.89. The molecule has 5 N–H and O–H groups in total. The molecule has 0 fully saturated rings. The molecular weight excluding hydrogens is 212 g/mol. The zero-order valence-electron chi connectivity index (χ0n) is 8.86. The average Bonchev–Trinajstić information content (AvgIpc) is 2.60. The number of amides is 1.